The molecule has 3 rings (SSSR count). The summed E-state index contributed by atoms with van der Waals surface area (Å²) in [5.74, 6) is 1.63. The van der Waals surface area contributed by atoms with Gasteiger partial charge in [-0.25, -0.2) is 0 Å². The topological polar surface area (TPSA) is 91.7 Å². The zero-order chi connectivity index (χ0) is 17.4. The molecule has 0 aromatic carbocycles. The largest absolute Gasteiger partial charge is 0.465 e. The van der Waals surface area contributed by atoms with Crippen molar-refractivity contribution in [3.05, 3.63) is 40.6 Å². The molecule has 1 aliphatic heterocycles. The summed E-state index contributed by atoms with van der Waals surface area (Å²) >= 11 is 0. The zero-order valence-corrected chi connectivity index (χ0v) is 14.2. The van der Waals surface area contributed by atoms with Crippen LogP contribution in [-0.4, -0.2) is 44.0 Å². The van der Waals surface area contributed by atoms with E-state index >= 15 is 0 Å². The van der Waals surface area contributed by atoms with Crippen LogP contribution >= 0.6 is 0 Å². The molecule has 1 atom stereocenters. The first-order valence-electron chi connectivity index (χ1n) is 8.15. The minimum Gasteiger partial charge on any atom is -0.465 e. The number of nitrogens with zero attached hydrogens (tertiary/aromatic N) is 3. The Hall–Kier alpha value is -2.12. The van der Waals surface area contributed by atoms with Crippen LogP contribution in [0.25, 0.3) is 0 Å². The van der Waals surface area contributed by atoms with E-state index in [0.717, 1.165) is 11.5 Å². The maximum Gasteiger partial charge on any atom is 0.257 e. The molecule has 0 saturated heterocycles. The Kier molecular flexibility index (Phi) is 4.47. The van der Waals surface area contributed by atoms with E-state index in [9.17, 15) is 9.90 Å². The molecule has 2 aromatic heterocycles. The third-order valence-electron chi connectivity index (χ3n) is 4.35. The van der Waals surface area contributed by atoms with Crippen LogP contribution in [0.4, 0.5) is 0 Å². The highest BCUT2D eigenvalue weighted by atomic mass is 16.3. The molecular weight excluding hydrogens is 310 g/mol. The first-order valence-corrected chi connectivity index (χ1v) is 8.15. The number of aryl methyl sites for hydroxylation is 1. The molecule has 7 heteroatoms. The molecule has 0 unspecified atom stereocenters. The number of furan rings is 1. The SMILES string of the molecule is Cc1oc(C(C)C)cc1C(=O)N1CCn2nc([C@@H](O)CO)cc2C1. The van der Waals surface area contributed by atoms with Crippen LogP contribution in [0.15, 0.2) is 16.5 Å². The van der Waals surface area contributed by atoms with Crippen molar-refractivity contribution in [3.8, 4) is 0 Å². The van der Waals surface area contributed by atoms with E-state index in [1.807, 2.05) is 26.8 Å². The second-order valence-electron chi connectivity index (χ2n) is 6.48. The maximum atomic E-state index is 12.8. The molecule has 130 valence electrons. The van der Waals surface area contributed by atoms with Gasteiger partial charge in [-0.05, 0) is 19.1 Å². The molecule has 0 bridgehead atoms. The number of aliphatic hydroxyl groups is 2. The fourth-order valence-electron chi connectivity index (χ4n) is 2.89. The van der Waals surface area contributed by atoms with Crippen molar-refractivity contribution < 1.29 is 19.4 Å². The van der Waals surface area contributed by atoms with Crippen molar-refractivity contribution in [2.75, 3.05) is 13.2 Å². The lowest BCUT2D eigenvalue weighted by Gasteiger charge is -2.27. The minimum absolute atomic E-state index is 0.0557. The molecule has 0 spiro atoms. The van der Waals surface area contributed by atoms with Gasteiger partial charge in [-0.15, -0.1) is 0 Å². The highest BCUT2D eigenvalue weighted by Gasteiger charge is 2.27. The molecule has 2 aromatic rings. The van der Waals surface area contributed by atoms with Gasteiger partial charge in [0.15, 0.2) is 0 Å². The summed E-state index contributed by atoms with van der Waals surface area (Å²) in [4.78, 5) is 14.6. The fourth-order valence-corrected chi connectivity index (χ4v) is 2.89. The lowest BCUT2D eigenvalue weighted by molar-refractivity contribution is 0.0703. The van der Waals surface area contributed by atoms with Crippen molar-refractivity contribution in [1.29, 1.82) is 0 Å². The monoisotopic (exact) mass is 333 g/mol. The highest BCUT2D eigenvalue weighted by molar-refractivity contribution is 5.95. The van der Waals surface area contributed by atoms with E-state index in [0.29, 0.717) is 36.7 Å². The number of hydrogen-bond donors (Lipinski definition) is 2. The maximum absolute atomic E-state index is 12.8. The molecule has 3 heterocycles. The predicted octanol–water partition coefficient (Wildman–Crippen LogP) is 1.59. The Balaban J connectivity index is 1.80. The molecule has 2 N–H and O–H groups in total. The molecule has 0 fully saturated rings. The van der Waals surface area contributed by atoms with Gasteiger partial charge in [0.2, 0.25) is 0 Å². The van der Waals surface area contributed by atoms with Crippen LogP contribution < -0.4 is 0 Å². The number of aromatic nitrogens is 2. The Morgan fingerprint density at radius 2 is 2.12 bits per heavy atom. The van der Waals surface area contributed by atoms with E-state index in [-0.39, 0.29) is 18.4 Å². The van der Waals surface area contributed by atoms with Gasteiger partial charge < -0.3 is 19.5 Å². The minimum atomic E-state index is -0.989. The summed E-state index contributed by atoms with van der Waals surface area (Å²) < 4.78 is 7.46. The lowest BCUT2D eigenvalue weighted by Crippen LogP contribution is -2.38. The lowest BCUT2D eigenvalue weighted by atomic mass is 10.1. The van der Waals surface area contributed by atoms with E-state index in [4.69, 9.17) is 9.52 Å². The Morgan fingerprint density at radius 1 is 1.38 bits per heavy atom. The van der Waals surface area contributed by atoms with Crippen molar-refractivity contribution in [2.45, 2.75) is 45.9 Å². The molecule has 0 aliphatic carbocycles. The number of hydrogen-bond acceptors (Lipinski definition) is 5. The van der Waals surface area contributed by atoms with E-state index < -0.39 is 6.10 Å². The van der Waals surface area contributed by atoms with Crippen LogP contribution in [-0.2, 0) is 13.1 Å². The summed E-state index contributed by atoms with van der Waals surface area (Å²) in [6.07, 6.45) is -0.989. The van der Waals surface area contributed by atoms with Crippen LogP contribution in [0.1, 0.15) is 59.1 Å². The summed E-state index contributed by atoms with van der Waals surface area (Å²) in [7, 11) is 0. The Morgan fingerprint density at radius 3 is 2.75 bits per heavy atom. The summed E-state index contributed by atoms with van der Waals surface area (Å²) in [6, 6.07) is 3.57. The summed E-state index contributed by atoms with van der Waals surface area (Å²) in [5, 5.41) is 23.0. The van der Waals surface area contributed by atoms with Gasteiger partial charge in [-0.2, -0.15) is 5.10 Å². The van der Waals surface area contributed by atoms with Gasteiger partial charge in [0.1, 0.15) is 17.6 Å². The van der Waals surface area contributed by atoms with E-state index in [1.54, 1.807) is 15.6 Å². The second kappa shape index (κ2) is 6.41. The Labute approximate surface area is 140 Å². The molecular formula is C17H23N3O4. The number of fused-ring (bicyclic) bond motifs is 1. The van der Waals surface area contributed by atoms with Crippen LogP contribution in [0.3, 0.4) is 0 Å². The summed E-state index contributed by atoms with van der Waals surface area (Å²) in [5.41, 5.74) is 1.88. The first kappa shape index (κ1) is 16.7. The molecule has 1 amide bonds. The number of rotatable bonds is 4. The third kappa shape index (κ3) is 2.97. The number of amides is 1. The third-order valence-corrected chi connectivity index (χ3v) is 4.35. The number of aliphatic hydroxyl groups excluding tert-OH is 2. The van der Waals surface area contributed by atoms with Crippen molar-refractivity contribution in [3.63, 3.8) is 0 Å². The summed E-state index contributed by atoms with van der Waals surface area (Å²) in [6.45, 7) is 7.02. The first-order chi connectivity index (χ1) is 11.4. The smallest absolute Gasteiger partial charge is 0.257 e. The zero-order valence-electron chi connectivity index (χ0n) is 14.2. The van der Waals surface area contributed by atoms with Crippen LogP contribution in [0.5, 0.6) is 0 Å². The molecule has 0 radical (unpaired) electrons. The van der Waals surface area contributed by atoms with Crippen LogP contribution in [0, 0.1) is 6.92 Å². The van der Waals surface area contributed by atoms with Gasteiger partial charge in [-0.3, -0.25) is 9.48 Å². The quantitative estimate of drug-likeness (QED) is 0.886. The van der Waals surface area contributed by atoms with Gasteiger partial charge in [-0.1, -0.05) is 13.8 Å². The molecule has 0 saturated carbocycles. The van der Waals surface area contributed by atoms with Gasteiger partial charge in [0.25, 0.3) is 5.91 Å². The van der Waals surface area contributed by atoms with Gasteiger partial charge in [0.05, 0.1) is 36.6 Å². The predicted molar refractivity (Wildman–Crippen MR) is 86.5 cm³/mol. The van der Waals surface area contributed by atoms with E-state index in [1.165, 1.54) is 0 Å². The highest BCUT2D eigenvalue weighted by Crippen LogP contribution is 2.25. The van der Waals surface area contributed by atoms with Crippen LogP contribution in [0.2, 0.25) is 0 Å². The van der Waals surface area contributed by atoms with Crippen molar-refractivity contribution in [1.82, 2.24) is 14.7 Å². The fraction of sp³-hybridized carbons (Fsp3) is 0.529. The molecule has 24 heavy (non-hydrogen) atoms. The molecule has 1 aliphatic rings. The standard InChI is InChI=1S/C17H23N3O4/c1-10(2)16-7-13(11(3)24-16)17(23)19-4-5-20-12(8-19)6-14(18-20)15(22)9-21/h6-7,10,15,21-22H,4-5,8-9H2,1-3H3/t15-/m0/s1. The average Bonchev–Trinajstić information content (AvgIpc) is 3.16. The van der Waals surface area contributed by atoms with Crippen molar-refractivity contribution >= 4 is 5.91 Å². The normalized spacial score (nSPS) is 15.7. The van der Waals surface area contributed by atoms with E-state index in [2.05, 4.69) is 5.10 Å². The number of carbonyl (C=O) groups is 1. The molecule has 7 nitrogen and oxygen atoms in total. The average molecular weight is 333 g/mol. The van der Waals surface area contributed by atoms with Gasteiger partial charge >= 0.3 is 0 Å². The van der Waals surface area contributed by atoms with Gasteiger partial charge in [0, 0.05) is 12.5 Å². The Bertz CT molecular complexity index is 747. The number of carbonyl (C=O) groups excluding carboxylic acids is 1. The van der Waals surface area contributed by atoms with Crippen molar-refractivity contribution in [2.24, 2.45) is 0 Å². The second-order valence-corrected chi connectivity index (χ2v) is 6.48.